The number of amides is 2. The summed E-state index contributed by atoms with van der Waals surface area (Å²) in [4.78, 5) is 27.4. The molecule has 3 rings (SSSR count). The molecule has 1 saturated heterocycles. The lowest BCUT2D eigenvalue weighted by atomic mass is 10.00. The predicted molar refractivity (Wildman–Crippen MR) is 97.6 cm³/mol. The van der Waals surface area contributed by atoms with Crippen molar-refractivity contribution in [3.63, 3.8) is 0 Å². The molecule has 6 heteroatoms. The summed E-state index contributed by atoms with van der Waals surface area (Å²) in [6, 6.07) is 5.60. The van der Waals surface area contributed by atoms with Gasteiger partial charge in [0.1, 0.15) is 0 Å². The van der Waals surface area contributed by atoms with Gasteiger partial charge in [-0.05, 0) is 50.4 Å². The summed E-state index contributed by atoms with van der Waals surface area (Å²) >= 11 is 1.50. The lowest BCUT2D eigenvalue weighted by molar-refractivity contribution is -0.113. The highest BCUT2D eigenvalue weighted by atomic mass is 32.2. The average Bonchev–Trinajstić information content (AvgIpc) is 2.54. The summed E-state index contributed by atoms with van der Waals surface area (Å²) in [5.74, 6) is 1.07. The van der Waals surface area contributed by atoms with E-state index in [1.165, 1.54) is 24.6 Å². The van der Waals surface area contributed by atoms with E-state index in [1.807, 2.05) is 19.1 Å². The summed E-state index contributed by atoms with van der Waals surface area (Å²) in [5, 5.41) is 5.91. The SMILES string of the molecule is CC1CCCN(CC(C)NC(=O)c2ccc3c(c2)NC(=O)CS3)C1. The Bertz CT molecular complexity index is 635. The van der Waals surface area contributed by atoms with Crippen LogP contribution in [0.4, 0.5) is 5.69 Å². The molecule has 0 bridgehead atoms. The Kier molecular flexibility index (Phi) is 5.46. The summed E-state index contributed by atoms with van der Waals surface area (Å²) < 4.78 is 0. The number of nitrogens with one attached hydrogen (secondary N) is 2. The number of carbonyl (C=O) groups is 2. The van der Waals surface area contributed by atoms with Crippen molar-refractivity contribution in [2.75, 3.05) is 30.7 Å². The minimum atomic E-state index is -0.0832. The first-order valence-corrected chi connectivity index (χ1v) is 9.60. The molecule has 24 heavy (non-hydrogen) atoms. The van der Waals surface area contributed by atoms with Gasteiger partial charge in [0.2, 0.25) is 5.91 Å². The van der Waals surface area contributed by atoms with Gasteiger partial charge in [-0.2, -0.15) is 0 Å². The first kappa shape index (κ1) is 17.3. The number of benzene rings is 1. The van der Waals surface area contributed by atoms with Crippen molar-refractivity contribution in [1.29, 1.82) is 0 Å². The van der Waals surface area contributed by atoms with Gasteiger partial charge in [0.05, 0.1) is 11.4 Å². The van der Waals surface area contributed by atoms with Gasteiger partial charge in [-0.25, -0.2) is 0 Å². The second-order valence-corrected chi connectivity index (χ2v) is 7.95. The van der Waals surface area contributed by atoms with E-state index in [4.69, 9.17) is 0 Å². The molecule has 0 saturated carbocycles. The number of hydrogen-bond acceptors (Lipinski definition) is 4. The molecule has 2 aliphatic heterocycles. The van der Waals surface area contributed by atoms with Crippen LogP contribution in [0.2, 0.25) is 0 Å². The fourth-order valence-electron chi connectivity index (χ4n) is 3.42. The molecule has 2 N–H and O–H groups in total. The molecular weight excluding hydrogens is 322 g/mol. The molecule has 2 unspecified atom stereocenters. The van der Waals surface area contributed by atoms with Gasteiger partial charge in [0.25, 0.3) is 5.91 Å². The lowest BCUT2D eigenvalue weighted by Crippen LogP contribution is -2.45. The van der Waals surface area contributed by atoms with Crippen LogP contribution >= 0.6 is 11.8 Å². The first-order valence-electron chi connectivity index (χ1n) is 8.61. The Labute approximate surface area is 147 Å². The van der Waals surface area contributed by atoms with Crippen molar-refractivity contribution in [2.45, 2.75) is 37.6 Å². The first-order chi connectivity index (χ1) is 11.5. The van der Waals surface area contributed by atoms with Gasteiger partial charge >= 0.3 is 0 Å². The monoisotopic (exact) mass is 347 g/mol. The van der Waals surface area contributed by atoms with Crippen LogP contribution < -0.4 is 10.6 Å². The van der Waals surface area contributed by atoms with Crippen molar-refractivity contribution in [1.82, 2.24) is 10.2 Å². The van der Waals surface area contributed by atoms with Crippen LogP contribution in [0.5, 0.6) is 0 Å². The highest BCUT2D eigenvalue weighted by Gasteiger charge is 2.20. The molecule has 1 aromatic carbocycles. The van der Waals surface area contributed by atoms with E-state index >= 15 is 0 Å². The van der Waals surface area contributed by atoms with Crippen molar-refractivity contribution in [2.24, 2.45) is 5.92 Å². The Morgan fingerprint density at radius 2 is 2.33 bits per heavy atom. The molecule has 0 aromatic heterocycles. The van der Waals surface area contributed by atoms with Crippen LogP contribution in [0.1, 0.15) is 37.0 Å². The maximum Gasteiger partial charge on any atom is 0.251 e. The maximum absolute atomic E-state index is 12.5. The molecule has 1 fully saturated rings. The van der Waals surface area contributed by atoms with E-state index in [0.717, 1.165) is 36.1 Å². The van der Waals surface area contributed by atoms with Crippen molar-refractivity contribution in [3.8, 4) is 0 Å². The molecule has 5 nitrogen and oxygen atoms in total. The van der Waals surface area contributed by atoms with Gasteiger partial charge in [0, 0.05) is 29.6 Å². The summed E-state index contributed by atoms with van der Waals surface area (Å²) in [5.41, 5.74) is 1.33. The largest absolute Gasteiger partial charge is 0.348 e. The number of likely N-dealkylation sites (tertiary alicyclic amines) is 1. The third-order valence-electron chi connectivity index (χ3n) is 4.53. The quantitative estimate of drug-likeness (QED) is 0.879. The fraction of sp³-hybridized carbons (Fsp3) is 0.556. The molecular formula is C18H25N3O2S. The number of piperidine rings is 1. The van der Waals surface area contributed by atoms with Gasteiger partial charge in [-0.15, -0.1) is 11.8 Å². The zero-order valence-electron chi connectivity index (χ0n) is 14.3. The Hall–Kier alpha value is -1.53. The molecule has 0 radical (unpaired) electrons. The molecule has 0 spiro atoms. The van der Waals surface area contributed by atoms with Crippen LogP contribution in [0.15, 0.2) is 23.1 Å². The van der Waals surface area contributed by atoms with E-state index < -0.39 is 0 Å². The third kappa shape index (κ3) is 4.30. The van der Waals surface area contributed by atoms with Crippen molar-refractivity contribution in [3.05, 3.63) is 23.8 Å². The average molecular weight is 347 g/mol. The Morgan fingerprint density at radius 3 is 3.12 bits per heavy atom. The van der Waals surface area contributed by atoms with Crippen LogP contribution in [-0.4, -0.2) is 48.1 Å². The van der Waals surface area contributed by atoms with Crippen LogP contribution in [0.25, 0.3) is 0 Å². The summed E-state index contributed by atoms with van der Waals surface area (Å²) in [6.45, 7) is 7.45. The molecule has 2 amide bonds. The van der Waals surface area contributed by atoms with Crippen molar-refractivity contribution >= 4 is 29.3 Å². The van der Waals surface area contributed by atoms with Gasteiger partial charge in [0.15, 0.2) is 0 Å². The second kappa shape index (κ2) is 7.57. The van der Waals surface area contributed by atoms with Crippen LogP contribution in [0.3, 0.4) is 0 Å². The van der Waals surface area contributed by atoms with Gasteiger partial charge in [-0.1, -0.05) is 6.92 Å². The normalized spacial score (nSPS) is 22.4. The Morgan fingerprint density at radius 1 is 1.50 bits per heavy atom. The van der Waals surface area contributed by atoms with E-state index in [1.54, 1.807) is 6.07 Å². The van der Waals surface area contributed by atoms with E-state index in [-0.39, 0.29) is 17.9 Å². The standard InChI is InChI=1S/C18H25N3O2S/c1-12-4-3-7-21(9-12)10-13(2)19-18(23)14-5-6-16-15(8-14)20-17(22)11-24-16/h5-6,8,12-13H,3-4,7,9-11H2,1-2H3,(H,19,23)(H,20,22). The highest BCUT2D eigenvalue weighted by Crippen LogP contribution is 2.31. The smallest absolute Gasteiger partial charge is 0.251 e. The van der Waals surface area contributed by atoms with Gasteiger partial charge < -0.3 is 15.5 Å². The van der Waals surface area contributed by atoms with E-state index in [9.17, 15) is 9.59 Å². The number of hydrogen-bond donors (Lipinski definition) is 2. The zero-order valence-corrected chi connectivity index (χ0v) is 15.1. The summed E-state index contributed by atoms with van der Waals surface area (Å²) in [6.07, 6.45) is 2.54. The molecule has 130 valence electrons. The molecule has 1 aromatic rings. The molecule has 2 heterocycles. The van der Waals surface area contributed by atoms with E-state index in [0.29, 0.717) is 11.3 Å². The highest BCUT2D eigenvalue weighted by molar-refractivity contribution is 8.00. The predicted octanol–water partition coefficient (Wildman–Crippen LogP) is 2.58. The topological polar surface area (TPSA) is 61.4 Å². The lowest BCUT2D eigenvalue weighted by Gasteiger charge is -2.32. The number of nitrogens with zero attached hydrogens (tertiary/aromatic N) is 1. The van der Waals surface area contributed by atoms with E-state index in [2.05, 4.69) is 22.5 Å². The van der Waals surface area contributed by atoms with Crippen LogP contribution in [-0.2, 0) is 4.79 Å². The number of anilines is 1. The molecule has 0 aliphatic carbocycles. The van der Waals surface area contributed by atoms with Gasteiger partial charge in [-0.3, -0.25) is 9.59 Å². The number of thioether (sulfide) groups is 1. The zero-order chi connectivity index (χ0) is 17.1. The number of fused-ring (bicyclic) bond motifs is 1. The molecule has 2 aliphatic rings. The van der Waals surface area contributed by atoms with Crippen molar-refractivity contribution < 1.29 is 9.59 Å². The minimum Gasteiger partial charge on any atom is -0.348 e. The minimum absolute atomic E-state index is 0.0161. The fourth-order valence-corrected chi connectivity index (χ4v) is 4.21. The maximum atomic E-state index is 12.5. The summed E-state index contributed by atoms with van der Waals surface area (Å²) in [7, 11) is 0. The number of rotatable bonds is 4. The molecule has 2 atom stereocenters. The third-order valence-corrected chi connectivity index (χ3v) is 5.60. The Balaban J connectivity index is 1.58. The number of carbonyl (C=O) groups excluding carboxylic acids is 2. The second-order valence-electron chi connectivity index (χ2n) is 6.93. The van der Waals surface area contributed by atoms with Crippen LogP contribution in [0, 0.1) is 5.92 Å².